The minimum Gasteiger partial charge on any atom is -0.456 e. The first-order chi connectivity index (χ1) is 8.19. The van der Waals surface area contributed by atoms with Crippen LogP contribution in [0.5, 0.6) is 0 Å². The van der Waals surface area contributed by atoms with E-state index in [-0.39, 0.29) is 0 Å². The number of carbonyl (C=O) groups is 1. The molecule has 2 aromatic rings. The van der Waals surface area contributed by atoms with E-state index in [2.05, 4.69) is 16.6 Å². The van der Waals surface area contributed by atoms with Crippen LogP contribution in [0.2, 0.25) is 5.02 Å². The van der Waals surface area contributed by atoms with E-state index in [0.717, 1.165) is 5.39 Å². The molecule has 0 fully saturated rings. The van der Waals surface area contributed by atoms with Crippen molar-refractivity contribution in [1.29, 1.82) is 0 Å². The van der Waals surface area contributed by atoms with Crippen LogP contribution in [0.3, 0.4) is 0 Å². The Balaban J connectivity index is 2.28. The van der Waals surface area contributed by atoms with Crippen molar-refractivity contribution in [2.24, 2.45) is 0 Å². The van der Waals surface area contributed by atoms with Gasteiger partial charge in [-0.1, -0.05) is 11.6 Å². The van der Waals surface area contributed by atoms with Crippen molar-refractivity contribution in [3.63, 3.8) is 0 Å². The summed E-state index contributed by atoms with van der Waals surface area (Å²) in [4.78, 5) is 11.0. The molecule has 3 nitrogen and oxygen atoms in total. The number of hydrogen-bond donors (Lipinski definition) is 0. The molecule has 1 heterocycles. The van der Waals surface area contributed by atoms with Crippen LogP contribution in [0, 0.1) is 11.8 Å². The van der Waals surface area contributed by atoms with Gasteiger partial charge in [-0.25, -0.2) is 4.79 Å². The molecule has 0 atom stereocenters. The van der Waals surface area contributed by atoms with Crippen molar-refractivity contribution in [2.75, 3.05) is 6.61 Å². The van der Waals surface area contributed by atoms with E-state index in [1.807, 2.05) is 0 Å². The number of hydrogen-bond acceptors (Lipinski definition) is 3. The van der Waals surface area contributed by atoms with Gasteiger partial charge < -0.3 is 9.15 Å². The van der Waals surface area contributed by atoms with E-state index in [1.54, 1.807) is 31.2 Å². The molecule has 17 heavy (non-hydrogen) atoms. The molecule has 0 aliphatic carbocycles. The smallest absolute Gasteiger partial charge is 0.384 e. The summed E-state index contributed by atoms with van der Waals surface area (Å²) >= 11 is 5.84. The van der Waals surface area contributed by atoms with E-state index in [4.69, 9.17) is 16.0 Å². The number of fused-ring (bicyclic) bond motifs is 1. The highest BCUT2D eigenvalue weighted by molar-refractivity contribution is 6.31. The third-order valence-corrected chi connectivity index (χ3v) is 2.28. The Bertz CT molecular complexity index is 616. The minimum atomic E-state index is -0.564. The fourth-order valence-corrected chi connectivity index (χ4v) is 1.54. The highest BCUT2D eigenvalue weighted by Crippen LogP contribution is 2.22. The monoisotopic (exact) mass is 248 g/mol. The zero-order valence-electron chi connectivity index (χ0n) is 9.12. The number of rotatable bonds is 1. The van der Waals surface area contributed by atoms with Gasteiger partial charge in [0.2, 0.25) is 0 Å². The van der Waals surface area contributed by atoms with Gasteiger partial charge in [0.05, 0.1) is 6.61 Å². The van der Waals surface area contributed by atoms with Crippen molar-refractivity contribution in [3.05, 3.63) is 35.0 Å². The van der Waals surface area contributed by atoms with Gasteiger partial charge in [0.1, 0.15) is 5.58 Å². The standard InChI is InChI=1S/C13H9ClO3/c1-2-16-13(15)6-4-11-8-9-7-10(14)3-5-12(9)17-11/h3,5,7-8H,2H2,1H3. The highest BCUT2D eigenvalue weighted by atomic mass is 35.5. The van der Waals surface area contributed by atoms with Gasteiger partial charge >= 0.3 is 5.97 Å². The van der Waals surface area contributed by atoms with Gasteiger partial charge in [-0.2, -0.15) is 0 Å². The molecule has 0 saturated carbocycles. The first-order valence-corrected chi connectivity index (χ1v) is 5.44. The molecule has 0 unspecified atom stereocenters. The van der Waals surface area contributed by atoms with Crippen molar-refractivity contribution in [3.8, 4) is 11.8 Å². The number of halogens is 1. The van der Waals surface area contributed by atoms with E-state index < -0.39 is 5.97 Å². The Morgan fingerprint density at radius 3 is 3.06 bits per heavy atom. The molecule has 0 saturated heterocycles. The lowest BCUT2D eigenvalue weighted by Gasteiger charge is -1.89. The highest BCUT2D eigenvalue weighted by Gasteiger charge is 2.02. The lowest BCUT2D eigenvalue weighted by Crippen LogP contribution is -1.99. The number of benzene rings is 1. The first-order valence-electron chi connectivity index (χ1n) is 5.07. The number of furan rings is 1. The Morgan fingerprint density at radius 1 is 1.47 bits per heavy atom. The normalized spacial score (nSPS) is 9.76. The lowest BCUT2D eigenvalue weighted by atomic mass is 10.2. The van der Waals surface area contributed by atoms with Crippen LogP contribution in [-0.4, -0.2) is 12.6 Å². The van der Waals surface area contributed by atoms with Crippen LogP contribution in [0.4, 0.5) is 0 Å². The van der Waals surface area contributed by atoms with Crippen molar-refractivity contribution < 1.29 is 13.9 Å². The summed E-state index contributed by atoms with van der Waals surface area (Å²) in [6, 6.07) is 6.99. The van der Waals surface area contributed by atoms with Crippen LogP contribution in [0.25, 0.3) is 11.0 Å². The molecule has 2 rings (SSSR count). The molecular formula is C13H9ClO3. The lowest BCUT2D eigenvalue weighted by molar-refractivity contribution is -0.136. The fraction of sp³-hybridized carbons (Fsp3) is 0.154. The molecule has 0 radical (unpaired) electrons. The largest absolute Gasteiger partial charge is 0.456 e. The summed E-state index contributed by atoms with van der Waals surface area (Å²) in [5, 5.41) is 1.48. The van der Waals surface area contributed by atoms with Crippen molar-refractivity contribution >= 4 is 28.5 Å². The SMILES string of the molecule is CCOC(=O)C#Cc1cc2cc(Cl)ccc2o1. The molecule has 0 amide bonds. The second-order valence-electron chi connectivity index (χ2n) is 3.26. The molecule has 1 aromatic heterocycles. The van der Waals surface area contributed by atoms with Crippen LogP contribution < -0.4 is 0 Å². The Kier molecular flexibility index (Phi) is 3.36. The molecule has 0 bridgehead atoms. The average Bonchev–Trinajstić information content (AvgIpc) is 2.68. The Hall–Kier alpha value is -1.92. The van der Waals surface area contributed by atoms with Gasteiger partial charge in [0.15, 0.2) is 5.76 Å². The second-order valence-corrected chi connectivity index (χ2v) is 3.70. The maximum atomic E-state index is 11.0. The summed E-state index contributed by atoms with van der Waals surface area (Å²) in [6.07, 6.45) is 0. The quantitative estimate of drug-likeness (QED) is 0.575. The molecule has 0 aliphatic rings. The molecule has 1 aromatic carbocycles. The van der Waals surface area contributed by atoms with E-state index in [0.29, 0.717) is 23.0 Å². The topological polar surface area (TPSA) is 39.4 Å². The van der Waals surface area contributed by atoms with Gasteiger partial charge in [0.25, 0.3) is 0 Å². The average molecular weight is 249 g/mol. The first kappa shape index (κ1) is 11.6. The Morgan fingerprint density at radius 2 is 2.29 bits per heavy atom. The summed E-state index contributed by atoms with van der Waals surface area (Å²) in [6.45, 7) is 2.03. The third kappa shape index (κ3) is 2.80. The van der Waals surface area contributed by atoms with E-state index in [1.165, 1.54) is 0 Å². The van der Waals surface area contributed by atoms with Crippen LogP contribution >= 0.6 is 11.6 Å². The van der Waals surface area contributed by atoms with Gasteiger partial charge in [-0.05, 0) is 31.0 Å². The fourth-order valence-electron chi connectivity index (χ4n) is 1.36. The zero-order chi connectivity index (χ0) is 12.3. The summed E-state index contributed by atoms with van der Waals surface area (Å²) in [7, 11) is 0. The molecular weight excluding hydrogens is 240 g/mol. The van der Waals surface area contributed by atoms with Crippen LogP contribution in [-0.2, 0) is 9.53 Å². The maximum Gasteiger partial charge on any atom is 0.384 e. The third-order valence-electron chi connectivity index (χ3n) is 2.04. The van der Waals surface area contributed by atoms with E-state index in [9.17, 15) is 4.79 Å². The van der Waals surface area contributed by atoms with Crippen molar-refractivity contribution in [2.45, 2.75) is 6.92 Å². The van der Waals surface area contributed by atoms with Gasteiger partial charge in [-0.3, -0.25) is 0 Å². The predicted molar refractivity (Wildman–Crippen MR) is 64.7 cm³/mol. The van der Waals surface area contributed by atoms with Crippen LogP contribution in [0.15, 0.2) is 28.7 Å². The maximum absolute atomic E-state index is 11.0. The summed E-state index contributed by atoms with van der Waals surface area (Å²) < 4.78 is 10.1. The molecule has 0 spiro atoms. The minimum absolute atomic E-state index is 0.309. The number of esters is 1. The van der Waals surface area contributed by atoms with Crippen LogP contribution in [0.1, 0.15) is 12.7 Å². The molecule has 0 aliphatic heterocycles. The zero-order valence-corrected chi connectivity index (χ0v) is 9.88. The van der Waals surface area contributed by atoms with Gasteiger partial charge in [0, 0.05) is 22.4 Å². The van der Waals surface area contributed by atoms with Crippen molar-refractivity contribution in [1.82, 2.24) is 0 Å². The summed E-state index contributed by atoms with van der Waals surface area (Å²) in [5.41, 5.74) is 0.683. The molecule has 86 valence electrons. The molecule has 4 heteroatoms. The molecule has 0 N–H and O–H groups in total. The second kappa shape index (κ2) is 4.94. The number of carbonyl (C=O) groups excluding carboxylic acids is 1. The number of ether oxygens (including phenoxy) is 1. The Labute approximate surface area is 103 Å². The van der Waals surface area contributed by atoms with Gasteiger partial charge in [-0.15, -0.1) is 0 Å². The predicted octanol–water partition coefficient (Wildman–Crippen LogP) is 3.00. The van der Waals surface area contributed by atoms with E-state index >= 15 is 0 Å². The summed E-state index contributed by atoms with van der Waals surface area (Å²) in [5.74, 6) is 4.79.